The second-order valence-electron chi connectivity index (χ2n) is 8.12. The van der Waals surface area contributed by atoms with Gasteiger partial charge in [0.25, 0.3) is 0 Å². The fourth-order valence-electron chi connectivity index (χ4n) is 4.84. The zero-order valence-corrected chi connectivity index (χ0v) is 18.3. The van der Waals surface area contributed by atoms with Gasteiger partial charge in [0.1, 0.15) is 0 Å². The van der Waals surface area contributed by atoms with Gasteiger partial charge in [0.05, 0.1) is 28.4 Å². The summed E-state index contributed by atoms with van der Waals surface area (Å²) in [5, 5.41) is 0. The lowest BCUT2D eigenvalue weighted by molar-refractivity contribution is -0.170. The summed E-state index contributed by atoms with van der Waals surface area (Å²) in [7, 11) is 4.19. The Morgan fingerprint density at radius 1 is 0.844 bits per heavy atom. The minimum atomic E-state index is -5.30. The molecule has 32 heavy (non-hydrogen) atoms. The standard InChI is InChI=1S/C20H25BF3O8/c1-11-6-19(15(25)29-2,16(26)30-3)8-13(11)14-9-20(17(27)31-4,18(28)32-5)7-12(14)10-21(22,23)24/h12H,1,6-10H2,2-5H3/q-1/b14-13-. The summed E-state index contributed by atoms with van der Waals surface area (Å²) in [5.74, 6) is -5.12. The average molecular weight is 461 g/mol. The minimum Gasteiger partial charge on any atom is -0.468 e. The SMILES string of the molecule is C=C1CC(C(=O)OC)(C(=O)OC)C/C1=C1\CC(C(=O)OC)(C(=O)OC)CC1C[B-](F)(F)F. The normalized spacial score (nSPS) is 24.1. The molecule has 0 spiro atoms. The molecular formula is C20H25BF3O8-. The topological polar surface area (TPSA) is 105 Å². The first-order valence-corrected chi connectivity index (χ1v) is 9.76. The number of allylic oxidation sites excluding steroid dienone is 3. The zero-order chi connectivity index (χ0) is 24.5. The van der Waals surface area contributed by atoms with Gasteiger partial charge in [-0.05, 0) is 37.2 Å². The molecule has 8 nitrogen and oxygen atoms in total. The van der Waals surface area contributed by atoms with Gasteiger partial charge in [0.2, 0.25) is 0 Å². The van der Waals surface area contributed by atoms with E-state index in [-0.39, 0.29) is 29.6 Å². The van der Waals surface area contributed by atoms with Crippen LogP contribution in [0.2, 0.25) is 6.32 Å². The van der Waals surface area contributed by atoms with Gasteiger partial charge in [0, 0.05) is 0 Å². The molecule has 0 heterocycles. The number of methoxy groups -OCH3 is 4. The van der Waals surface area contributed by atoms with E-state index in [1.54, 1.807) is 0 Å². The number of ether oxygens (including phenoxy) is 4. The van der Waals surface area contributed by atoms with Crippen LogP contribution in [0.25, 0.3) is 0 Å². The molecule has 0 aromatic heterocycles. The molecule has 2 aliphatic carbocycles. The Morgan fingerprint density at radius 2 is 1.28 bits per heavy atom. The van der Waals surface area contributed by atoms with E-state index in [1.807, 2.05) is 0 Å². The van der Waals surface area contributed by atoms with Crippen molar-refractivity contribution in [1.29, 1.82) is 0 Å². The summed E-state index contributed by atoms with van der Waals surface area (Å²) >= 11 is 0. The average Bonchev–Trinajstić information content (AvgIpc) is 3.29. The van der Waals surface area contributed by atoms with Crippen LogP contribution in [0, 0.1) is 16.7 Å². The number of hydrogen-bond acceptors (Lipinski definition) is 8. The van der Waals surface area contributed by atoms with Crippen LogP contribution in [-0.4, -0.2) is 59.3 Å². The van der Waals surface area contributed by atoms with Gasteiger partial charge in [-0.1, -0.05) is 24.0 Å². The summed E-state index contributed by atoms with van der Waals surface area (Å²) < 4.78 is 59.3. The molecule has 2 aliphatic rings. The van der Waals surface area contributed by atoms with Gasteiger partial charge in [-0.25, -0.2) is 0 Å². The summed E-state index contributed by atoms with van der Waals surface area (Å²) in [6.45, 7) is -1.46. The van der Waals surface area contributed by atoms with Crippen molar-refractivity contribution in [1.82, 2.24) is 0 Å². The first kappa shape index (κ1) is 25.5. The lowest BCUT2D eigenvalue weighted by Crippen LogP contribution is -2.39. The number of halogens is 3. The van der Waals surface area contributed by atoms with Gasteiger partial charge in [0.15, 0.2) is 10.8 Å². The maximum absolute atomic E-state index is 13.4. The molecule has 0 radical (unpaired) electrons. The minimum absolute atomic E-state index is 0.125. The molecule has 2 rings (SSSR count). The van der Waals surface area contributed by atoms with Crippen molar-refractivity contribution in [3.8, 4) is 0 Å². The van der Waals surface area contributed by atoms with Crippen molar-refractivity contribution in [2.24, 2.45) is 16.7 Å². The highest BCUT2D eigenvalue weighted by molar-refractivity contribution is 6.58. The van der Waals surface area contributed by atoms with Crippen LogP contribution >= 0.6 is 0 Å². The fourth-order valence-corrected chi connectivity index (χ4v) is 4.84. The third-order valence-corrected chi connectivity index (χ3v) is 6.24. The van der Waals surface area contributed by atoms with Crippen molar-refractivity contribution in [2.75, 3.05) is 28.4 Å². The molecule has 1 unspecified atom stereocenters. The van der Waals surface area contributed by atoms with Crippen LogP contribution in [0.4, 0.5) is 12.9 Å². The Kier molecular flexibility index (Phi) is 7.16. The summed E-state index contributed by atoms with van der Waals surface area (Å²) in [4.78, 5) is 50.0. The third kappa shape index (κ3) is 4.27. The summed E-state index contributed by atoms with van der Waals surface area (Å²) in [6, 6.07) is 0. The highest BCUT2D eigenvalue weighted by Crippen LogP contribution is 2.56. The Bertz CT molecular complexity index is 845. The molecule has 1 atom stereocenters. The van der Waals surface area contributed by atoms with E-state index >= 15 is 0 Å². The maximum Gasteiger partial charge on any atom is 0.478 e. The highest BCUT2D eigenvalue weighted by atomic mass is 19.4. The fraction of sp³-hybridized carbons (Fsp3) is 0.600. The number of carbonyl (C=O) groups is 4. The van der Waals surface area contributed by atoms with Gasteiger partial charge >= 0.3 is 30.9 Å². The van der Waals surface area contributed by atoms with Crippen LogP contribution in [-0.2, 0) is 38.1 Å². The van der Waals surface area contributed by atoms with Crippen LogP contribution in [0.15, 0.2) is 23.3 Å². The Morgan fingerprint density at radius 3 is 1.69 bits per heavy atom. The van der Waals surface area contributed by atoms with Crippen molar-refractivity contribution < 1.29 is 51.1 Å². The Labute approximate surface area is 183 Å². The second-order valence-corrected chi connectivity index (χ2v) is 8.12. The van der Waals surface area contributed by atoms with E-state index < -0.39 is 66.8 Å². The van der Waals surface area contributed by atoms with E-state index in [1.165, 1.54) is 0 Å². The first-order valence-electron chi connectivity index (χ1n) is 9.76. The van der Waals surface area contributed by atoms with E-state index in [0.29, 0.717) is 0 Å². The zero-order valence-electron chi connectivity index (χ0n) is 18.3. The lowest BCUT2D eigenvalue weighted by Gasteiger charge is -2.24. The quantitative estimate of drug-likeness (QED) is 0.257. The Hall–Kier alpha value is -2.79. The van der Waals surface area contributed by atoms with Gasteiger partial charge in [-0.2, -0.15) is 0 Å². The van der Waals surface area contributed by atoms with Crippen LogP contribution in [0.3, 0.4) is 0 Å². The third-order valence-electron chi connectivity index (χ3n) is 6.24. The molecule has 0 N–H and O–H groups in total. The molecule has 0 aliphatic heterocycles. The molecule has 178 valence electrons. The number of rotatable bonds is 6. The number of carbonyl (C=O) groups excluding carboxylic acids is 4. The summed E-state index contributed by atoms with van der Waals surface area (Å²) in [5.41, 5.74) is -3.19. The molecule has 0 aromatic carbocycles. The molecule has 0 aromatic rings. The van der Waals surface area contributed by atoms with Crippen LogP contribution < -0.4 is 0 Å². The maximum atomic E-state index is 13.4. The van der Waals surface area contributed by atoms with Crippen molar-refractivity contribution in [3.05, 3.63) is 23.3 Å². The van der Waals surface area contributed by atoms with Gasteiger partial charge < -0.3 is 31.9 Å². The first-order chi connectivity index (χ1) is 14.8. The predicted molar refractivity (Wildman–Crippen MR) is 105 cm³/mol. The Balaban J connectivity index is 2.68. The van der Waals surface area contributed by atoms with E-state index in [4.69, 9.17) is 18.9 Å². The predicted octanol–water partition coefficient (Wildman–Crippen LogP) is 2.56. The largest absolute Gasteiger partial charge is 0.478 e. The van der Waals surface area contributed by atoms with Gasteiger partial charge in [-0.15, -0.1) is 0 Å². The molecule has 0 bridgehead atoms. The highest BCUT2D eigenvalue weighted by Gasteiger charge is 2.59. The molecule has 0 amide bonds. The second kappa shape index (κ2) is 8.99. The lowest BCUT2D eigenvalue weighted by atomic mass is 9.74. The van der Waals surface area contributed by atoms with E-state index in [0.717, 1.165) is 28.4 Å². The molecule has 2 saturated carbocycles. The number of hydrogen-bond donors (Lipinski definition) is 0. The van der Waals surface area contributed by atoms with Crippen molar-refractivity contribution >= 4 is 30.9 Å². The molecule has 0 saturated heterocycles. The van der Waals surface area contributed by atoms with Crippen molar-refractivity contribution in [2.45, 2.75) is 32.0 Å². The monoisotopic (exact) mass is 461 g/mol. The smallest absolute Gasteiger partial charge is 0.468 e. The van der Waals surface area contributed by atoms with Crippen molar-refractivity contribution in [3.63, 3.8) is 0 Å². The van der Waals surface area contributed by atoms with E-state index in [9.17, 15) is 32.1 Å². The van der Waals surface area contributed by atoms with Crippen LogP contribution in [0.5, 0.6) is 0 Å². The number of esters is 4. The van der Waals surface area contributed by atoms with Crippen LogP contribution in [0.1, 0.15) is 25.7 Å². The summed E-state index contributed by atoms with van der Waals surface area (Å²) in [6.07, 6.45) is -2.69. The molecule has 2 fully saturated rings. The van der Waals surface area contributed by atoms with E-state index in [2.05, 4.69) is 6.58 Å². The molecule has 12 heteroatoms. The van der Waals surface area contributed by atoms with Gasteiger partial charge in [-0.3, -0.25) is 19.2 Å². The molecular weight excluding hydrogens is 436 g/mol.